The van der Waals surface area contributed by atoms with Gasteiger partial charge in [-0.2, -0.15) is 0 Å². The normalized spacial score (nSPS) is 12.2. The fraction of sp³-hybridized carbons (Fsp3) is 0.778. The van der Waals surface area contributed by atoms with E-state index in [2.05, 4.69) is 79.7 Å². The topological polar surface area (TPSA) is 0 Å². The van der Waals surface area contributed by atoms with Crippen molar-refractivity contribution in [1.29, 1.82) is 0 Å². The van der Waals surface area contributed by atoms with Crippen LogP contribution in [0.15, 0.2) is 24.3 Å². The van der Waals surface area contributed by atoms with Gasteiger partial charge >= 0.3 is 0 Å². The van der Waals surface area contributed by atoms with Crippen molar-refractivity contribution in [2.45, 2.75) is 68.2 Å². The first kappa shape index (κ1) is 19.8. The highest BCUT2D eigenvalue weighted by molar-refractivity contribution is 4.85. The molecule has 108 valence electrons. The number of rotatable bonds is 6. The van der Waals surface area contributed by atoms with Crippen LogP contribution in [0.2, 0.25) is 0 Å². The molecular weight excluding hydrogens is 216 g/mol. The zero-order valence-corrected chi connectivity index (χ0v) is 14.0. The Labute approximate surface area is 117 Å². The molecule has 0 saturated carbocycles. The molecule has 0 radical (unpaired) electrons. The number of hydrogen-bond acceptors (Lipinski definition) is 0. The van der Waals surface area contributed by atoms with Gasteiger partial charge in [0.2, 0.25) is 0 Å². The molecule has 0 fully saturated rings. The zero-order chi connectivity index (χ0) is 14.6. The van der Waals surface area contributed by atoms with Crippen molar-refractivity contribution < 1.29 is 0 Å². The minimum absolute atomic E-state index is 0.712. The molecule has 0 aliphatic carbocycles. The van der Waals surface area contributed by atoms with Gasteiger partial charge in [-0.3, -0.25) is 0 Å². The van der Waals surface area contributed by atoms with E-state index >= 15 is 0 Å². The van der Waals surface area contributed by atoms with E-state index in [1.54, 1.807) is 0 Å². The van der Waals surface area contributed by atoms with Crippen molar-refractivity contribution >= 4 is 0 Å². The van der Waals surface area contributed by atoms with E-state index in [4.69, 9.17) is 0 Å². The molecule has 0 saturated heterocycles. The maximum Gasteiger partial charge on any atom is -0.0290 e. The van der Waals surface area contributed by atoms with Crippen LogP contribution in [-0.2, 0) is 0 Å². The zero-order valence-electron chi connectivity index (χ0n) is 14.0. The summed E-state index contributed by atoms with van der Waals surface area (Å²) in [5.41, 5.74) is 0. The molecule has 18 heavy (non-hydrogen) atoms. The molecule has 0 aromatic rings. The Bertz CT molecular complexity index is 180. The van der Waals surface area contributed by atoms with Crippen LogP contribution in [0.1, 0.15) is 68.2 Å². The molecule has 0 aromatic carbocycles. The lowest BCUT2D eigenvalue weighted by molar-refractivity contribution is 0.658. The van der Waals surface area contributed by atoms with Gasteiger partial charge in [0.25, 0.3) is 0 Å². The Kier molecular flexibility index (Phi) is 14.2. The molecule has 0 unspecified atom stereocenters. The molecule has 0 spiro atoms. The highest BCUT2D eigenvalue weighted by atomic mass is 13.9. The summed E-state index contributed by atoms with van der Waals surface area (Å²) in [6, 6.07) is 0. The first-order chi connectivity index (χ1) is 8.25. The Balaban J connectivity index is 0. The summed E-state index contributed by atoms with van der Waals surface area (Å²) in [4.78, 5) is 0. The highest BCUT2D eigenvalue weighted by Crippen LogP contribution is 2.03. The SMILES string of the molecule is CC(C)C=CCC(C)C.CC(C)C=CCC(C)C. The van der Waals surface area contributed by atoms with Crippen molar-refractivity contribution in [3.8, 4) is 0 Å². The molecule has 0 bridgehead atoms. The lowest BCUT2D eigenvalue weighted by Crippen LogP contribution is -1.83. The van der Waals surface area contributed by atoms with Crippen molar-refractivity contribution in [3.63, 3.8) is 0 Å². The molecule has 0 aliphatic heterocycles. The molecule has 0 heterocycles. The Morgan fingerprint density at radius 3 is 1.00 bits per heavy atom. The van der Waals surface area contributed by atoms with Crippen LogP contribution in [0.5, 0.6) is 0 Å². The largest absolute Gasteiger partial charge is 0.0880 e. The van der Waals surface area contributed by atoms with Crippen molar-refractivity contribution in [2.24, 2.45) is 23.7 Å². The van der Waals surface area contributed by atoms with Gasteiger partial charge in [-0.15, -0.1) is 0 Å². The van der Waals surface area contributed by atoms with E-state index in [-0.39, 0.29) is 0 Å². The van der Waals surface area contributed by atoms with Gasteiger partial charge < -0.3 is 0 Å². The fourth-order valence-corrected chi connectivity index (χ4v) is 1.25. The number of hydrogen-bond donors (Lipinski definition) is 0. The molecule has 0 aliphatic rings. The average molecular weight is 252 g/mol. The monoisotopic (exact) mass is 252 g/mol. The molecule has 0 N–H and O–H groups in total. The third-order valence-corrected chi connectivity index (χ3v) is 2.26. The van der Waals surface area contributed by atoms with Gasteiger partial charge in [0.15, 0.2) is 0 Å². The summed E-state index contributed by atoms with van der Waals surface area (Å²) >= 11 is 0. The van der Waals surface area contributed by atoms with Crippen LogP contribution in [0, 0.1) is 23.7 Å². The Morgan fingerprint density at radius 1 is 0.556 bits per heavy atom. The lowest BCUT2D eigenvalue weighted by atomic mass is 10.1. The minimum Gasteiger partial charge on any atom is -0.0880 e. The smallest absolute Gasteiger partial charge is 0.0290 e. The summed E-state index contributed by atoms with van der Waals surface area (Å²) in [6.07, 6.45) is 11.5. The van der Waals surface area contributed by atoms with Crippen molar-refractivity contribution in [2.75, 3.05) is 0 Å². The molecular formula is C18H36. The van der Waals surface area contributed by atoms with Crippen molar-refractivity contribution in [1.82, 2.24) is 0 Å². The first-order valence-corrected chi connectivity index (χ1v) is 7.59. The maximum absolute atomic E-state index is 2.27. The average Bonchev–Trinajstić information content (AvgIpc) is 2.15. The lowest BCUT2D eigenvalue weighted by Gasteiger charge is -1.97. The fourth-order valence-electron chi connectivity index (χ4n) is 1.25. The van der Waals surface area contributed by atoms with Crippen LogP contribution in [-0.4, -0.2) is 0 Å². The van der Waals surface area contributed by atoms with Crippen LogP contribution >= 0.6 is 0 Å². The van der Waals surface area contributed by atoms with Crippen LogP contribution in [0.3, 0.4) is 0 Å². The van der Waals surface area contributed by atoms with Gasteiger partial charge in [-0.1, -0.05) is 79.7 Å². The van der Waals surface area contributed by atoms with Gasteiger partial charge in [-0.05, 0) is 36.5 Å². The van der Waals surface area contributed by atoms with E-state index in [1.807, 2.05) is 0 Å². The predicted molar refractivity (Wildman–Crippen MR) is 86.9 cm³/mol. The van der Waals surface area contributed by atoms with Crippen LogP contribution in [0.25, 0.3) is 0 Å². The molecule has 0 heteroatoms. The van der Waals surface area contributed by atoms with E-state index in [0.717, 1.165) is 11.8 Å². The van der Waals surface area contributed by atoms with Crippen LogP contribution in [0.4, 0.5) is 0 Å². The quantitative estimate of drug-likeness (QED) is 0.474. The van der Waals surface area contributed by atoms with E-state index in [0.29, 0.717) is 11.8 Å². The third kappa shape index (κ3) is 24.6. The molecule has 0 aromatic heterocycles. The second-order valence-electron chi connectivity index (χ2n) is 6.60. The van der Waals surface area contributed by atoms with E-state index in [1.165, 1.54) is 12.8 Å². The Hall–Kier alpha value is -0.520. The molecule has 0 amide bonds. The summed E-state index contributed by atoms with van der Waals surface area (Å²) in [5, 5.41) is 0. The summed E-state index contributed by atoms with van der Waals surface area (Å²) in [5.74, 6) is 3.03. The number of allylic oxidation sites excluding steroid dienone is 4. The minimum atomic E-state index is 0.712. The molecule has 0 rings (SSSR count). The molecule has 0 nitrogen and oxygen atoms in total. The second-order valence-corrected chi connectivity index (χ2v) is 6.60. The van der Waals surface area contributed by atoms with Gasteiger partial charge in [-0.25, -0.2) is 0 Å². The van der Waals surface area contributed by atoms with E-state index in [9.17, 15) is 0 Å². The van der Waals surface area contributed by atoms with E-state index < -0.39 is 0 Å². The Morgan fingerprint density at radius 2 is 0.833 bits per heavy atom. The highest BCUT2D eigenvalue weighted by Gasteiger charge is 1.88. The first-order valence-electron chi connectivity index (χ1n) is 7.59. The summed E-state index contributed by atoms with van der Waals surface area (Å²) in [6.45, 7) is 17.8. The standard InChI is InChI=1S/2C9H18/c2*1-8(2)6-5-7-9(3)4/h2*5-6,8-9H,7H2,1-4H3. The van der Waals surface area contributed by atoms with Gasteiger partial charge in [0.1, 0.15) is 0 Å². The second kappa shape index (κ2) is 12.9. The summed E-state index contributed by atoms with van der Waals surface area (Å²) < 4.78 is 0. The maximum atomic E-state index is 2.27. The summed E-state index contributed by atoms with van der Waals surface area (Å²) in [7, 11) is 0. The van der Waals surface area contributed by atoms with Crippen molar-refractivity contribution in [3.05, 3.63) is 24.3 Å². The van der Waals surface area contributed by atoms with Gasteiger partial charge in [0, 0.05) is 0 Å². The van der Waals surface area contributed by atoms with Gasteiger partial charge in [0.05, 0.1) is 0 Å². The molecule has 0 atom stereocenters. The van der Waals surface area contributed by atoms with Crippen LogP contribution < -0.4 is 0 Å². The third-order valence-electron chi connectivity index (χ3n) is 2.26. The predicted octanol–water partition coefficient (Wildman–Crippen LogP) is 6.49.